The highest BCUT2D eigenvalue weighted by atomic mass is 127. The molecule has 2 aromatic rings. The molecule has 0 saturated heterocycles. The first kappa shape index (κ1) is 26.7. The molecule has 0 amide bonds. The first-order chi connectivity index (χ1) is 13.6. The monoisotopic (exact) mass is 568 g/mol. The van der Waals surface area contributed by atoms with E-state index in [1.807, 2.05) is 48.1 Å². The number of rotatable bonds is 9. The predicted molar refractivity (Wildman–Crippen MR) is 133 cm³/mol. The molecule has 1 heterocycles. The van der Waals surface area contributed by atoms with Gasteiger partial charge < -0.3 is 10.6 Å². The van der Waals surface area contributed by atoms with Gasteiger partial charge >= 0.3 is 0 Å². The van der Waals surface area contributed by atoms with Crippen molar-refractivity contribution in [1.82, 2.24) is 25.1 Å². The topological polar surface area (TPSA) is 100 Å². The van der Waals surface area contributed by atoms with Crippen molar-refractivity contribution in [2.75, 3.05) is 25.9 Å². The number of sulfonamides is 1. The van der Waals surface area contributed by atoms with Crippen molar-refractivity contribution in [3.05, 3.63) is 53.3 Å². The van der Waals surface area contributed by atoms with Crippen molar-refractivity contribution in [1.29, 1.82) is 0 Å². The van der Waals surface area contributed by atoms with E-state index in [0.717, 1.165) is 11.8 Å². The molecule has 0 saturated carbocycles. The second-order valence-electron chi connectivity index (χ2n) is 7.39. The zero-order valence-electron chi connectivity index (χ0n) is 17.6. The Morgan fingerprint density at radius 1 is 1.27 bits per heavy atom. The molecule has 30 heavy (non-hydrogen) atoms. The van der Waals surface area contributed by atoms with Crippen LogP contribution in [0.25, 0.3) is 0 Å². The molecule has 8 nitrogen and oxygen atoms in total. The van der Waals surface area contributed by atoms with E-state index in [4.69, 9.17) is 11.6 Å². The van der Waals surface area contributed by atoms with Gasteiger partial charge in [0.15, 0.2) is 5.96 Å². The average molecular weight is 569 g/mol. The number of aromatic nitrogens is 2. The van der Waals surface area contributed by atoms with Crippen LogP contribution in [-0.4, -0.2) is 55.6 Å². The molecule has 1 aromatic carbocycles. The van der Waals surface area contributed by atoms with Crippen LogP contribution in [0.15, 0.2) is 47.7 Å². The third-order valence-corrected chi connectivity index (χ3v) is 5.18. The van der Waals surface area contributed by atoms with Crippen molar-refractivity contribution in [3.8, 4) is 0 Å². The van der Waals surface area contributed by atoms with Crippen LogP contribution in [0, 0.1) is 0 Å². The van der Waals surface area contributed by atoms with Gasteiger partial charge in [-0.1, -0.05) is 23.7 Å². The minimum absolute atomic E-state index is 0. The lowest BCUT2D eigenvalue weighted by molar-refractivity contribution is 0.463. The standard InChI is InChI=1S/C19H29ClN6O2S.HI/c1-5-21-18(23-14-19(2,3)25-29(4,27)28)22-13-17(26-12-6-11-24-26)15-7-9-16(20)10-8-15;/h6-12,17,25H,5,13-14H2,1-4H3,(H2,21,22,23);1H. The second kappa shape index (κ2) is 11.9. The van der Waals surface area contributed by atoms with Gasteiger partial charge in [0.25, 0.3) is 0 Å². The molecule has 0 radical (unpaired) electrons. The summed E-state index contributed by atoms with van der Waals surface area (Å²) in [7, 11) is -3.32. The Bertz CT molecular complexity index is 902. The fourth-order valence-corrected chi connectivity index (χ4v) is 4.05. The maximum Gasteiger partial charge on any atom is 0.209 e. The summed E-state index contributed by atoms with van der Waals surface area (Å²) in [5, 5.41) is 11.6. The largest absolute Gasteiger partial charge is 0.357 e. The van der Waals surface area contributed by atoms with Crippen molar-refractivity contribution < 1.29 is 8.42 Å². The molecule has 0 spiro atoms. The van der Waals surface area contributed by atoms with Gasteiger partial charge in [-0.05, 0) is 44.5 Å². The van der Waals surface area contributed by atoms with Gasteiger partial charge in [0, 0.05) is 36.0 Å². The minimum Gasteiger partial charge on any atom is -0.357 e. The summed E-state index contributed by atoms with van der Waals surface area (Å²) in [4.78, 5) is 4.55. The van der Waals surface area contributed by atoms with Crippen LogP contribution in [0.4, 0.5) is 0 Å². The zero-order valence-corrected chi connectivity index (χ0v) is 21.5. The van der Waals surface area contributed by atoms with Gasteiger partial charge in [-0.2, -0.15) is 5.10 Å². The van der Waals surface area contributed by atoms with E-state index >= 15 is 0 Å². The van der Waals surface area contributed by atoms with Crippen LogP contribution in [0.5, 0.6) is 0 Å². The summed E-state index contributed by atoms with van der Waals surface area (Å²) in [6.07, 6.45) is 4.79. The molecule has 0 aliphatic rings. The smallest absolute Gasteiger partial charge is 0.209 e. The number of nitrogens with zero attached hydrogens (tertiary/aromatic N) is 3. The molecule has 0 aliphatic heterocycles. The van der Waals surface area contributed by atoms with Crippen LogP contribution in [-0.2, 0) is 10.0 Å². The van der Waals surface area contributed by atoms with Crippen LogP contribution >= 0.6 is 35.6 Å². The third-order valence-electron chi connectivity index (χ3n) is 4.00. The molecule has 0 fully saturated rings. The molecule has 0 bridgehead atoms. The average Bonchev–Trinajstić information content (AvgIpc) is 3.13. The number of hydrogen-bond donors (Lipinski definition) is 3. The highest BCUT2D eigenvalue weighted by Gasteiger charge is 2.22. The lowest BCUT2D eigenvalue weighted by Gasteiger charge is -2.24. The Hall–Kier alpha value is -1.37. The molecule has 0 aliphatic carbocycles. The van der Waals surface area contributed by atoms with Crippen molar-refractivity contribution in [2.24, 2.45) is 4.99 Å². The quantitative estimate of drug-likeness (QED) is 0.245. The van der Waals surface area contributed by atoms with Gasteiger partial charge in [0.2, 0.25) is 10.0 Å². The normalized spacial score (nSPS) is 13.4. The summed E-state index contributed by atoms with van der Waals surface area (Å²) in [6.45, 7) is 7.06. The number of benzene rings is 1. The van der Waals surface area contributed by atoms with Gasteiger partial charge in [0.1, 0.15) is 0 Å². The fraction of sp³-hybridized carbons (Fsp3) is 0.474. The van der Waals surface area contributed by atoms with E-state index < -0.39 is 15.6 Å². The first-order valence-corrected chi connectivity index (χ1v) is 11.6. The number of nitrogens with one attached hydrogen (secondary N) is 3. The molecule has 1 atom stereocenters. The van der Waals surface area contributed by atoms with Gasteiger partial charge in [-0.15, -0.1) is 24.0 Å². The molecule has 3 N–H and O–H groups in total. The Morgan fingerprint density at radius 2 is 1.93 bits per heavy atom. The zero-order chi connectivity index (χ0) is 21.5. The van der Waals surface area contributed by atoms with Crippen molar-refractivity contribution in [3.63, 3.8) is 0 Å². The Kier molecular flexibility index (Phi) is 10.5. The van der Waals surface area contributed by atoms with E-state index in [1.54, 1.807) is 20.0 Å². The minimum atomic E-state index is -3.32. The van der Waals surface area contributed by atoms with Crippen LogP contribution in [0.2, 0.25) is 5.02 Å². The summed E-state index contributed by atoms with van der Waals surface area (Å²) in [5.74, 6) is 0.599. The Balaban J connectivity index is 0.00000450. The van der Waals surface area contributed by atoms with E-state index in [-0.39, 0.29) is 36.6 Å². The number of halogens is 2. The molecule has 1 unspecified atom stereocenters. The number of guanidine groups is 1. The third kappa shape index (κ3) is 9.19. The molecule has 2 rings (SSSR count). The SMILES string of the molecule is CCNC(=NCC(C)(C)NS(C)(=O)=O)NCC(c1ccc(Cl)cc1)n1cccn1.I. The second-order valence-corrected chi connectivity index (χ2v) is 9.57. The first-order valence-electron chi connectivity index (χ1n) is 9.35. The van der Waals surface area contributed by atoms with Gasteiger partial charge in [-0.25, -0.2) is 13.1 Å². The van der Waals surface area contributed by atoms with E-state index in [0.29, 0.717) is 24.1 Å². The highest BCUT2D eigenvalue weighted by molar-refractivity contribution is 14.0. The fourth-order valence-electron chi connectivity index (χ4n) is 2.86. The van der Waals surface area contributed by atoms with Crippen LogP contribution < -0.4 is 15.4 Å². The summed E-state index contributed by atoms with van der Waals surface area (Å²) < 4.78 is 27.5. The summed E-state index contributed by atoms with van der Waals surface area (Å²) in [6, 6.07) is 9.46. The molecule has 11 heteroatoms. The van der Waals surface area contributed by atoms with Crippen molar-refractivity contribution >= 4 is 51.6 Å². The van der Waals surface area contributed by atoms with Crippen LogP contribution in [0.1, 0.15) is 32.4 Å². The Labute approximate surface area is 200 Å². The summed E-state index contributed by atoms with van der Waals surface area (Å²) in [5.41, 5.74) is 0.355. The number of aliphatic imine (C=N–C) groups is 1. The highest BCUT2D eigenvalue weighted by Crippen LogP contribution is 2.19. The lowest BCUT2D eigenvalue weighted by Crippen LogP contribution is -2.47. The van der Waals surface area contributed by atoms with Gasteiger partial charge in [-0.3, -0.25) is 9.67 Å². The molecular formula is C19H30ClIN6O2S. The Morgan fingerprint density at radius 3 is 2.47 bits per heavy atom. The molecular weight excluding hydrogens is 539 g/mol. The van der Waals surface area contributed by atoms with Crippen LogP contribution in [0.3, 0.4) is 0 Å². The maximum absolute atomic E-state index is 11.5. The maximum atomic E-state index is 11.5. The molecule has 1 aromatic heterocycles. The van der Waals surface area contributed by atoms with Crippen molar-refractivity contribution in [2.45, 2.75) is 32.4 Å². The van der Waals surface area contributed by atoms with Gasteiger partial charge in [0.05, 0.1) is 18.8 Å². The lowest BCUT2D eigenvalue weighted by atomic mass is 10.1. The number of hydrogen-bond acceptors (Lipinski definition) is 4. The van der Waals surface area contributed by atoms with E-state index in [1.165, 1.54) is 0 Å². The van der Waals surface area contributed by atoms with E-state index in [2.05, 4.69) is 25.4 Å². The molecule has 168 valence electrons. The summed E-state index contributed by atoms with van der Waals surface area (Å²) >= 11 is 6.02. The van der Waals surface area contributed by atoms with E-state index in [9.17, 15) is 8.42 Å². The predicted octanol–water partition coefficient (Wildman–Crippen LogP) is 2.63.